The van der Waals surface area contributed by atoms with Gasteiger partial charge in [0.05, 0.1) is 5.52 Å². The zero-order valence-corrected chi connectivity index (χ0v) is 13.2. The average Bonchev–Trinajstić information content (AvgIpc) is 2.56. The Morgan fingerprint density at radius 3 is 2.78 bits per heavy atom. The fraction of sp³-hybridized carbons (Fsp3) is 0.235. The Bertz CT molecular complexity index is 850. The van der Waals surface area contributed by atoms with Crippen molar-refractivity contribution in [2.75, 3.05) is 0 Å². The minimum absolute atomic E-state index is 0.233. The lowest BCUT2D eigenvalue weighted by Crippen LogP contribution is -2.31. The molecule has 0 atom stereocenters. The standard InChI is InChI=1S/C17H19N3O3/c1-4-10-20-13-9-7-6-8-12(13)15(21)14(17(20)23)16(22)19-18-11(3)5-2/h4,6-9,21H,1,5,10H2,2-3H3,(H,19,22)/b18-11+. The summed E-state index contributed by atoms with van der Waals surface area (Å²) in [6.45, 7) is 7.52. The van der Waals surface area contributed by atoms with Crippen molar-refractivity contribution >= 4 is 22.5 Å². The molecule has 1 amide bonds. The van der Waals surface area contributed by atoms with Crippen LogP contribution in [-0.4, -0.2) is 21.3 Å². The van der Waals surface area contributed by atoms with Gasteiger partial charge in [-0.25, -0.2) is 5.43 Å². The van der Waals surface area contributed by atoms with Gasteiger partial charge in [-0.3, -0.25) is 9.59 Å². The van der Waals surface area contributed by atoms with Crippen molar-refractivity contribution < 1.29 is 9.90 Å². The third kappa shape index (κ3) is 3.15. The second-order valence-electron chi connectivity index (χ2n) is 5.09. The van der Waals surface area contributed by atoms with E-state index in [4.69, 9.17) is 0 Å². The molecule has 2 aromatic rings. The Balaban J connectivity index is 2.66. The van der Waals surface area contributed by atoms with E-state index >= 15 is 0 Å². The first-order valence-electron chi connectivity index (χ1n) is 7.30. The number of rotatable bonds is 5. The maximum atomic E-state index is 12.6. The van der Waals surface area contributed by atoms with E-state index in [9.17, 15) is 14.7 Å². The summed E-state index contributed by atoms with van der Waals surface area (Å²) < 4.78 is 1.40. The molecular weight excluding hydrogens is 294 g/mol. The molecule has 0 aliphatic rings. The summed E-state index contributed by atoms with van der Waals surface area (Å²) in [6, 6.07) is 6.85. The van der Waals surface area contributed by atoms with Crippen LogP contribution >= 0.6 is 0 Å². The van der Waals surface area contributed by atoms with Crippen molar-refractivity contribution in [1.82, 2.24) is 9.99 Å². The van der Waals surface area contributed by atoms with Crippen molar-refractivity contribution in [2.24, 2.45) is 5.10 Å². The van der Waals surface area contributed by atoms with Gasteiger partial charge in [0, 0.05) is 17.6 Å². The number of para-hydroxylation sites is 1. The fourth-order valence-electron chi connectivity index (χ4n) is 2.19. The van der Waals surface area contributed by atoms with E-state index in [-0.39, 0.29) is 17.9 Å². The van der Waals surface area contributed by atoms with Crippen LogP contribution in [0, 0.1) is 0 Å². The molecule has 6 heteroatoms. The first-order chi connectivity index (χ1) is 11.0. The largest absolute Gasteiger partial charge is 0.506 e. The molecular formula is C17H19N3O3. The molecule has 0 spiro atoms. The molecule has 0 radical (unpaired) electrons. The summed E-state index contributed by atoms with van der Waals surface area (Å²) in [5.74, 6) is -1.07. The minimum atomic E-state index is -0.733. The number of benzene rings is 1. The Kier molecular flexibility index (Phi) is 4.95. The second-order valence-corrected chi connectivity index (χ2v) is 5.09. The summed E-state index contributed by atoms with van der Waals surface area (Å²) in [4.78, 5) is 24.9. The van der Waals surface area contributed by atoms with Crippen LogP contribution in [0.3, 0.4) is 0 Å². The van der Waals surface area contributed by atoms with Crippen molar-refractivity contribution in [3.05, 3.63) is 52.8 Å². The Labute approximate surface area is 133 Å². The van der Waals surface area contributed by atoms with Crippen molar-refractivity contribution in [3.8, 4) is 5.75 Å². The van der Waals surface area contributed by atoms with Crippen LogP contribution in [-0.2, 0) is 6.54 Å². The average molecular weight is 313 g/mol. The Morgan fingerprint density at radius 2 is 2.13 bits per heavy atom. The first-order valence-corrected chi connectivity index (χ1v) is 7.30. The number of fused-ring (bicyclic) bond motifs is 1. The van der Waals surface area contributed by atoms with Gasteiger partial charge in [-0.1, -0.05) is 25.1 Å². The number of nitrogens with one attached hydrogen (secondary N) is 1. The van der Waals surface area contributed by atoms with Crippen LogP contribution in [0.1, 0.15) is 30.6 Å². The predicted octanol–water partition coefficient (Wildman–Crippen LogP) is 2.41. The molecule has 120 valence electrons. The summed E-state index contributed by atoms with van der Waals surface area (Å²) in [6.07, 6.45) is 2.23. The van der Waals surface area contributed by atoms with Crippen LogP contribution in [0.4, 0.5) is 0 Å². The normalized spacial score (nSPS) is 11.5. The van der Waals surface area contributed by atoms with E-state index < -0.39 is 11.5 Å². The van der Waals surface area contributed by atoms with Gasteiger partial charge in [0.2, 0.25) is 0 Å². The third-order valence-corrected chi connectivity index (χ3v) is 3.54. The topological polar surface area (TPSA) is 83.7 Å². The van der Waals surface area contributed by atoms with Crippen LogP contribution in [0.25, 0.3) is 10.9 Å². The molecule has 0 aliphatic carbocycles. The molecule has 0 saturated heterocycles. The molecule has 2 N–H and O–H groups in total. The number of hydrogen-bond donors (Lipinski definition) is 2. The van der Waals surface area contributed by atoms with E-state index in [0.29, 0.717) is 23.0 Å². The van der Waals surface area contributed by atoms with Crippen molar-refractivity contribution in [2.45, 2.75) is 26.8 Å². The van der Waals surface area contributed by atoms with Gasteiger partial charge in [-0.2, -0.15) is 5.10 Å². The number of aromatic hydroxyl groups is 1. The lowest BCUT2D eigenvalue weighted by molar-refractivity contribution is 0.0950. The van der Waals surface area contributed by atoms with Gasteiger partial charge >= 0.3 is 0 Å². The lowest BCUT2D eigenvalue weighted by atomic mass is 10.1. The third-order valence-electron chi connectivity index (χ3n) is 3.54. The van der Waals surface area contributed by atoms with Gasteiger partial charge in [0.15, 0.2) is 0 Å². The summed E-state index contributed by atoms with van der Waals surface area (Å²) >= 11 is 0. The number of carbonyl (C=O) groups excluding carboxylic acids is 1. The number of nitrogens with zero attached hydrogens (tertiary/aromatic N) is 2. The zero-order chi connectivity index (χ0) is 17.0. The molecule has 0 saturated carbocycles. The van der Waals surface area contributed by atoms with Gasteiger partial charge in [0.1, 0.15) is 11.3 Å². The number of carbonyl (C=O) groups is 1. The molecule has 23 heavy (non-hydrogen) atoms. The van der Waals surface area contributed by atoms with Gasteiger partial charge < -0.3 is 9.67 Å². The van der Waals surface area contributed by atoms with Crippen LogP contribution in [0.15, 0.2) is 46.8 Å². The second kappa shape index (κ2) is 6.91. The number of amides is 1. The smallest absolute Gasteiger partial charge is 0.280 e. The van der Waals surface area contributed by atoms with E-state index in [0.717, 1.165) is 0 Å². The summed E-state index contributed by atoms with van der Waals surface area (Å²) in [5.41, 5.74) is 2.67. The van der Waals surface area contributed by atoms with E-state index in [1.54, 1.807) is 37.3 Å². The maximum absolute atomic E-state index is 12.6. The Morgan fingerprint density at radius 1 is 1.43 bits per heavy atom. The molecule has 0 aliphatic heterocycles. The number of pyridine rings is 1. The number of allylic oxidation sites excluding steroid dienone is 1. The molecule has 0 fully saturated rings. The highest BCUT2D eigenvalue weighted by molar-refractivity contribution is 6.02. The van der Waals surface area contributed by atoms with Gasteiger partial charge in [-0.05, 0) is 25.5 Å². The SMILES string of the molecule is C=CCn1c(=O)c(C(=O)N/N=C(\C)CC)c(O)c2ccccc21. The molecule has 6 nitrogen and oxygen atoms in total. The predicted molar refractivity (Wildman–Crippen MR) is 90.9 cm³/mol. The highest BCUT2D eigenvalue weighted by Gasteiger charge is 2.21. The van der Waals surface area contributed by atoms with Crippen molar-refractivity contribution in [1.29, 1.82) is 0 Å². The number of aromatic nitrogens is 1. The van der Waals surface area contributed by atoms with Crippen molar-refractivity contribution in [3.63, 3.8) is 0 Å². The summed E-state index contributed by atoms with van der Waals surface area (Å²) in [5, 5.41) is 14.7. The molecule has 2 rings (SSSR count). The molecule has 0 unspecified atom stereocenters. The highest BCUT2D eigenvalue weighted by Crippen LogP contribution is 2.26. The molecule has 0 bridgehead atoms. The van der Waals surface area contributed by atoms with Gasteiger partial charge in [-0.15, -0.1) is 6.58 Å². The van der Waals surface area contributed by atoms with Crippen LogP contribution < -0.4 is 11.0 Å². The quantitative estimate of drug-likeness (QED) is 0.505. The van der Waals surface area contributed by atoms with Crippen LogP contribution in [0.2, 0.25) is 0 Å². The van der Waals surface area contributed by atoms with Gasteiger partial charge in [0.25, 0.3) is 11.5 Å². The first kappa shape index (κ1) is 16.5. The summed E-state index contributed by atoms with van der Waals surface area (Å²) in [7, 11) is 0. The molecule has 1 aromatic heterocycles. The Hall–Kier alpha value is -2.89. The minimum Gasteiger partial charge on any atom is -0.506 e. The van der Waals surface area contributed by atoms with E-state index in [2.05, 4.69) is 17.1 Å². The lowest BCUT2D eigenvalue weighted by Gasteiger charge is -2.13. The highest BCUT2D eigenvalue weighted by atomic mass is 16.3. The zero-order valence-electron chi connectivity index (χ0n) is 13.2. The van der Waals surface area contributed by atoms with E-state index in [1.165, 1.54) is 4.57 Å². The number of hydrazone groups is 1. The van der Waals surface area contributed by atoms with E-state index in [1.807, 2.05) is 6.92 Å². The van der Waals surface area contributed by atoms with Crippen LogP contribution in [0.5, 0.6) is 5.75 Å². The monoisotopic (exact) mass is 313 g/mol. The molecule has 1 heterocycles. The maximum Gasteiger partial charge on any atom is 0.280 e. The number of hydrogen-bond acceptors (Lipinski definition) is 4. The fourth-order valence-corrected chi connectivity index (χ4v) is 2.19. The molecule has 1 aromatic carbocycles.